The molecule has 0 radical (unpaired) electrons. The number of hydrogen-bond acceptors (Lipinski definition) is 5. The summed E-state index contributed by atoms with van der Waals surface area (Å²) in [4.78, 5) is 3.83. The van der Waals surface area contributed by atoms with E-state index in [1.54, 1.807) is 13.8 Å². The molecule has 0 saturated carbocycles. The molecule has 6 nitrogen and oxygen atoms in total. The van der Waals surface area contributed by atoms with Crippen molar-refractivity contribution in [3.05, 3.63) is 30.9 Å². The Morgan fingerprint density at radius 2 is 1.94 bits per heavy atom. The van der Waals surface area contributed by atoms with E-state index < -0.39 is 15.3 Å². The largest absolute Gasteiger partial charge is 0.506 e. The summed E-state index contributed by atoms with van der Waals surface area (Å²) in [5, 5.41) is 12.6. The molecule has 0 unspecified atom stereocenters. The van der Waals surface area contributed by atoms with Crippen LogP contribution in [-0.2, 0) is 10.0 Å². The SMILES string of the molecule is CC(C)S(=O)(=O)n1cc(-c2cncc(O)c2)cn1. The molecule has 0 amide bonds. The highest BCUT2D eigenvalue weighted by Crippen LogP contribution is 2.22. The monoisotopic (exact) mass is 267 g/mol. The van der Waals surface area contributed by atoms with Gasteiger partial charge in [0.05, 0.1) is 23.8 Å². The van der Waals surface area contributed by atoms with Crippen molar-refractivity contribution in [1.82, 2.24) is 14.2 Å². The zero-order valence-corrected chi connectivity index (χ0v) is 10.8. The third kappa shape index (κ3) is 2.21. The predicted molar refractivity (Wildman–Crippen MR) is 66.6 cm³/mol. The van der Waals surface area contributed by atoms with Crippen LogP contribution in [0.25, 0.3) is 11.1 Å². The first-order valence-corrected chi connectivity index (χ1v) is 6.85. The second-order valence-electron chi connectivity index (χ2n) is 4.13. The third-order valence-electron chi connectivity index (χ3n) is 2.47. The average molecular weight is 267 g/mol. The first-order valence-electron chi connectivity index (χ1n) is 5.34. The molecule has 0 atom stereocenters. The van der Waals surface area contributed by atoms with E-state index in [4.69, 9.17) is 0 Å². The van der Waals surface area contributed by atoms with Crippen molar-refractivity contribution in [3.8, 4) is 16.9 Å². The molecule has 7 heteroatoms. The van der Waals surface area contributed by atoms with E-state index in [1.165, 1.54) is 30.9 Å². The maximum atomic E-state index is 11.9. The highest BCUT2D eigenvalue weighted by molar-refractivity contribution is 7.90. The maximum Gasteiger partial charge on any atom is 0.256 e. The topological polar surface area (TPSA) is 85.1 Å². The minimum atomic E-state index is -3.45. The van der Waals surface area contributed by atoms with Gasteiger partial charge in [-0.1, -0.05) is 0 Å². The Bertz CT molecular complexity index is 662. The molecule has 96 valence electrons. The van der Waals surface area contributed by atoms with Crippen LogP contribution in [0.4, 0.5) is 0 Å². The molecule has 18 heavy (non-hydrogen) atoms. The van der Waals surface area contributed by atoms with Crippen LogP contribution >= 0.6 is 0 Å². The summed E-state index contributed by atoms with van der Waals surface area (Å²) in [6.07, 6.45) is 5.67. The highest BCUT2D eigenvalue weighted by atomic mass is 32.2. The van der Waals surface area contributed by atoms with Gasteiger partial charge in [0.15, 0.2) is 0 Å². The summed E-state index contributed by atoms with van der Waals surface area (Å²) in [5.74, 6) is 0.0203. The fraction of sp³-hybridized carbons (Fsp3) is 0.273. The number of pyridine rings is 1. The van der Waals surface area contributed by atoms with Crippen molar-refractivity contribution >= 4 is 10.0 Å². The zero-order valence-electron chi connectivity index (χ0n) is 9.98. The Balaban J connectivity index is 2.43. The smallest absolute Gasteiger partial charge is 0.256 e. The van der Waals surface area contributed by atoms with Crippen LogP contribution in [0.1, 0.15) is 13.8 Å². The minimum absolute atomic E-state index is 0.0203. The summed E-state index contributed by atoms with van der Waals surface area (Å²) in [6, 6.07) is 1.50. The van der Waals surface area contributed by atoms with Gasteiger partial charge in [-0.25, -0.2) is 8.42 Å². The lowest BCUT2D eigenvalue weighted by molar-refractivity contribution is 0.473. The molecule has 1 N–H and O–H groups in total. The molecule has 0 spiro atoms. The van der Waals surface area contributed by atoms with Gasteiger partial charge in [-0.15, -0.1) is 0 Å². The number of aromatic nitrogens is 3. The normalized spacial score (nSPS) is 11.9. The summed E-state index contributed by atoms with van der Waals surface area (Å²) >= 11 is 0. The third-order valence-corrected chi connectivity index (χ3v) is 4.39. The van der Waals surface area contributed by atoms with Crippen LogP contribution in [0.2, 0.25) is 0 Å². The minimum Gasteiger partial charge on any atom is -0.506 e. The van der Waals surface area contributed by atoms with Crippen LogP contribution in [0.3, 0.4) is 0 Å². The molecule has 0 aliphatic carbocycles. The molecule has 2 rings (SSSR count). The maximum absolute atomic E-state index is 11.9. The van der Waals surface area contributed by atoms with E-state index in [2.05, 4.69) is 10.1 Å². The Morgan fingerprint density at radius 1 is 1.22 bits per heavy atom. The van der Waals surface area contributed by atoms with Crippen LogP contribution in [0.5, 0.6) is 5.75 Å². The summed E-state index contributed by atoms with van der Waals surface area (Å²) < 4.78 is 24.7. The summed E-state index contributed by atoms with van der Waals surface area (Å²) in [5.41, 5.74) is 1.20. The lowest BCUT2D eigenvalue weighted by Crippen LogP contribution is -2.22. The molecule has 0 aliphatic heterocycles. The number of hydrogen-bond donors (Lipinski definition) is 1. The molecule has 2 aromatic heterocycles. The second kappa shape index (κ2) is 4.41. The van der Waals surface area contributed by atoms with E-state index in [-0.39, 0.29) is 5.75 Å². The lowest BCUT2D eigenvalue weighted by Gasteiger charge is -2.06. The lowest BCUT2D eigenvalue weighted by atomic mass is 10.2. The number of nitrogens with zero attached hydrogens (tertiary/aromatic N) is 3. The van der Waals surface area contributed by atoms with Gasteiger partial charge in [-0.2, -0.15) is 9.19 Å². The molecule has 0 aromatic carbocycles. The fourth-order valence-corrected chi connectivity index (χ4v) is 2.27. The van der Waals surface area contributed by atoms with Crippen molar-refractivity contribution in [3.63, 3.8) is 0 Å². The second-order valence-corrected chi connectivity index (χ2v) is 6.47. The van der Waals surface area contributed by atoms with E-state index in [1.807, 2.05) is 0 Å². The Labute approximate surface area is 105 Å². The molecule has 0 aliphatic rings. The van der Waals surface area contributed by atoms with Gasteiger partial charge in [0, 0.05) is 17.3 Å². The van der Waals surface area contributed by atoms with Crippen molar-refractivity contribution in [2.45, 2.75) is 19.1 Å². The first-order chi connectivity index (χ1) is 8.41. The van der Waals surface area contributed by atoms with Crippen molar-refractivity contribution < 1.29 is 13.5 Å². The predicted octanol–water partition coefficient (Wildman–Crippen LogP) is 1.24. The zero-order chi connectivity index (χ0) is 13.3. The molecule has 0 fully saturated rings. The van der Waals surface area contributed by atoms with Gasteiger partial charge in [0.25, 0.3) is 10.0 Å². The van der Waals surface area contributed by atoms with Crippen LogP contribution in [-0.4, -0.2) is 32.9 Å². The average Bonchev–Trinajstić information content (AvgIpc) is 2.78. The Kier molecular flexibility index (Phi) is 3.08. The standard InChI is InChI=1S/C11H13N3O3S/c1-8(2)18(16,17)14-7-10(5-13-14)9-3-11(15)6-12-4-9/h3-8,15H,1-2H3. The van der Waals surface area contributed by atoms with Crippen molar-refractivity contribution in [1.29, 1.82) is 0 Å². The number of rotatable bonds is 3. The first kappa shape index (κ1) is 12.6. The molecule has 0 saturated heterocycles. The van der Waals surface area contributed by atoms with Gasteiger partial charge >= 0.3 is 0 Å². The summed E-state index contributed by atoms with van der Waals surface area (Å²) in [6.45, 7) is 3.18. The van der Waals surface area contributed by atoms with Gasteiger partial charge in [0.1, 0.15) is 5.75 Å². The van der Waals surface area contributed by atoms with Crippen molar-refractivity contribution in [2.75, 3.05) is 0 Å². The van der Waals surface area contributed by atoms with Gasteiger partial charge in [0.2, 0.25) is 0 Å². The Morgan fingerprint density at radius 3 is 2.56 bits per heavy atom. The molecular weight excluding hydrogens is 254 g/mol. The number of aromatic hydroxyl groups is 1. The van der Waals surface area contributed by atoms with Crippen molar-refractivity contribution in [2.24, 2.45) is 0 Å². The summed E-state index contributed by atoms with van der Waals surface area (Å²) in [7, 11) is -3.45. The van der Waals surface area contributed by atoms with E-state index in [0.29, 0.717) is 11.1 Å². The van der Waals surface area contributed by atoms with E-state index in [9.17, 15) is 13.5 Å². The van der Waals surface area contributed by atoms with E-state index >= 15 is 0 Å². The van der Waals surface area contributed by atoms with Gasteiger partial charge in [-0.05, 0) is 19.9 Å². The molecular formula is C11H13N3O3S. The highest BCUT2D eigenvalue weighted by Gasteiger charge is 2.19. The fourth-order valence-electron chi connectivity index (χ4n) is 1.39. The molecule has 2 heterocycles. The molecule has 2 aromatic rings. The Hall–Kier alpha value is -1.89. The van der Waals surface area contributed by atoms with Gasteiger partial charge < -0.3 is 5.11 Å². The van der Waals surface area contributed by atoms with Crippen LogP contribution < -0.4 is 0 Å². The quantitative estimate of drug-likeness (QED) is 0.904. The van der Waals surface area contributed by atoms with Crippen LogP contribution in [0, 0.1) is 0 Å². The van der Waals surface area contributed by atoms with E-state index in [0.717, 1.165) is 4.09 Å². The van der Waals surface area contributed by atoms with Crippen LogP contribution in [0.15, 0.2) is 30.9 Å². The van der Waals surface area contributed by atoms with Gasteiger partial charge in [-0.3, -0.25) is 4.98 Å². The molecule has 0 bridgehead atoms.